The van der Waals surface area contributed by atoms with Crippen LogP contribution in [0.25, 0.3) is 11.3 Å². The Hall–Kier alpha value is -3.53. The minimum absolute atomic E-state index is 0.0611. The summed E-state index contributed by atoms with van der Waals surface area (Å²) in [6.07, 6.45) is 2.97. The van der Waals surface area contributed by atoms with Crippen LogP contribution in [0.3, 0.4) is 0 Å². The lowest BCUT2D eigenvalue weighted by Gasteiger charge is -2.36. The first-order valence-corrected chi connectivity index (χ1v) is 12.0. The quantitative estimate of drug-likeness (QED) is 0.549. The number of ether oxygens (including phenoxy) is 1. The molecule has 1 fully saturated rings. The van der Waals surface area contributed by atoms with Crippen molar-refractivity contribution in [1.82, 2.24) is 14.9 Å². The zero-order chi connectivity index (χ0) is 25.4. The van der Waals surface area contributed by atoms with Gasteiger partial charge in [0.1, 0.15) is 18.1 Å². The molecule has 190 valence electrons. The molecule has 0 atom stereocenters. The molecule has 2 aromatic carbocycles. The van der Waals surface area contributed by atoms with Crippen LogP contribution in [0, 0.1) is 17.5 Å². The maximum absolute atomic E-state index is 15.0. The Morgan fingerprint density at radius 1 is 0.972 bits per heavy atom. The lowest BCUT2D eigenvalue weighted by molar-refractivity contribution is 0.249. The molecule has 2 aliphatic rings. The van der Waals surface area contributed by atoms with E-state index in [1.54, 1.807) is 18.2 Å². The van der Waals surface area contributed by atoms with Crippen molar-refractivity contribution in [2.24, 2.45) is 0 Å². The predicted molar refractivity (Wildman–Crippen MR) is 135 cm³/mol. The fraction of sp³-hybridized carbons (Fsp3) is 0.385. The van der Waals surface area contributed by atoms with Gasteiger partial charge in [0.05, 0.1) is 24.1 Å². The number of anilines is 4. The van der Waals surface area contributed by atoms with Crippen LogP contribution in [0.1, 0.15) is 12.8 Å². The normalized spacial score (nSPS) is 16.2. The minimum Gasteiger partial charge on any atom is -0.486 e. The maximum atomic E-state index is 15.0. The van der Waals surface area contributed by atoms with E-state index >= 15 is 0 Å². The summed E-state index contributed by atoms with van der Waals surface area (Å²) in [7, 11) is 5.95. The van der Waals surface area contributed by atoms with Crippen LogP contribution in [-0.4, -0.2) is 68.3 Å². The summed E-state index contributed by atoms with van der Waals surface area (Å²) in [6, 6.07) is 8.19. The number of nitrogens with zero attached hydrogens (tertiary/aromatic N) is 5. The van der Waals surface area contributed by atoms with Crippen molar-refractivity contribution >= 4 is 23.0 Å². The van der Waals surface area contributed by atoms with E-state index < -0.39 is 11.6 Å². The molecule has 0 bridgehead atoms. The highest BCUT2D eigenvalue weighted by Crippen LogP contribution is 2.38. The van der Waals surface area contributed by atoms with E-state index in [-0.39, 0.29) is 28.8 Å². The van der Waals surface area contributed by atoms with Crippen molar-refractivity contribution in [3.8, 4) is 17.0 Å². The number of hydrogen-bond acceptors (Lipinski definition) is 7. The van der Waals surface area contributed by atoms with Crippen molar-refractivity contribution in [3.05, 3.63) is 54.0 Å². The van der Waals surface area contributed by atoms with Gasteiger partial charge in [0.15, 0.2) is 17.4 Å². The lowest BCUT2D eigenvalue weighted by Crippen LogP contribution is -2.42. The Kier molecular flexibility index (Phi) is 6.61. The molecule has 7 nitrogen and oxygen atoms in total. The van der Waals surface area contributed by atoms with Crippen LogP contribution in [0.15, 0.2) is 36.5 Å². The van der Waals surface area contributed by atoms with Crippen molar-refractivity contribution in [2.45, 2.75) is 18.9 Å². The average Bonchev–Trinajstić information content (AvgIpc) is 2.86. The van der Waals surface area contributed by atoms with Crippen molar-refractivity contribution < 1.29 is 17.9 Å². The number of fused-ring (bicyclic) bond motifs is 1. The summed E-state index contributed by atoms with van der Waals surface area (Å²) in [5.41, 5.74) is 1.70. The molecular weight excluding hydrogens is 469 g/mol. The second-order valence-electron chi connectivity index (χ2n) is 9.44. The van der Waals surface area contributed by atoms with E-state index in [1.807, 2.05) is 11.9 Å². The first kappa shape index (κ1) is 24.2. The molecule has 1 aromatic heterocycles. The smallest absolute Gasteiger partial charge is 0.227 e. The number of aromatic nitrogens is 2. The van der Waals surface area contributed by atoms with Crippen LogP contribution in [0.4, 0.5) is 36.2 Å². The molecule has 5 rings (SSSR count). The third-order valence-corrected chi connectivity index (χ3v) is 6.87. The van der Waals surface area contributed by atoms with Gasteiger partial charge in [0.25, 0.3) is 0 Å². The third-order valence-electron chi connectivity index (χ3n) is 6.87. The number of piperidine rings is 1. The second kappa shape index (κ2) is 9.85. The Labute approximate surface area is 208 Å². The number of hydrogen-bond donors (Lipinski definition) is 1. The predicted octanol–water partition coefficient (Wildman–Crippen LogP) is 4.66. The van der Waals surface area contributed by atoms with Gasteiger partial charge in [0.2, 0.25) is 5.95 Å². The monoisotopic (exact) mass is 498 g/mol. The highest BCUT2D eigenvalue weighted by molar-refractivity contribution is 5.73. The fourth-order valence-electron chi connectivity index (χ4n) is 4.77. The number of benzene rings is 2. The summed E-state index contributed by atoms with van der Waals surface area (Å²) < 4.78 is 49.8. The largest absolute Gasteiger partial charge is 0.486 e. The second-order valence-corrected chi connectivity index (χ2v) is 9.44. The van der Waals surface area contributed by atoms with E-state index in [9.17, 15) is 13.2 Å². The van der Waals surface area contributed by atoms with Crippen molar-refractivity contribution in [1.29, 1.82) is 0 Å². The summed E-state index contributed by atoms with van der Waals surface area (Å²) in [5.74, 6) is -1.42. The lowest BCUT2D eigenvalue weighted by atomic mass is 10.0. The first-order valence-electron chi connectivity index (χ1n) is 12.0. The molecule has 0 radical (unpaired) electrons. The van der Waals surface area contributed by atoms with E-state index in [0.717, 1.165) is 32.1 Å². The first-order chi connectivity index (χ1) is 17.3. The summed E-state index contributed by atoms with van der Waals surface area (Å²) in [5, 5.41) is 2.94. The maximum Gasteiger partial charge on any atom is 0.227 e. The van der Waals surface area contributed by atoms with Gasteiger partial charge in [-0.2, -0.15) is 0 Å². The topological polar surface area (TPSA) is 56.8 Å². The highest BCUT2D eigenvalue weighted by atomic mass is 19.1. The molecule has 0 aliphatic carbocycles. The fourth-order valence-corrected chi connectivity index (χ4v) is 4.77. The van der Waals surface area contributed by atoms with Gasteiger partial charge in [-0.25, -0.2) is 23.1 Å². The molecule has 1 saturated heterocycles. The van der Waals surface area contributed by atoms with Gasteiger partial charge in [-0.05, 0) is 57.3 Å². The minimum atomic E-state index is -0.693. The number of likely N-dealkylation sites (N-methyl/N-ethyl adjacent to an activating group) is 1. The number of halogens is 3. The van der Waals surface area contributed by atoms with Crippen LogP contribution in [0.2, 0.25) is 0 Å². The highest BCUT2D eigenvalue weighted by Gasteiger charge is 2.24. The average molecular weight is 499 g/mol. The third kappa shape index (κ3) is 4.77. The van der Waals surface area contributed by atoms with Gasteiger partial charge in [-0.15, -0.1) is 0 Å². The molecule has 10 heteroatoms. The molecular formula is C26H29F3N6O. The van der Waals surface area contributed by atoms with Gasteiger partial charge in [-0.3, -0.25) is 0 Å². The Bertz CT molecular complexity index is 1260. The SMILES string of the molecule is CN1CCOc2c(F)cc(-c3nc(Nc4ccc(N5CCC(N(C)C)CC5)c(F)c4)ncc3F)cc21. The Morgan fingerprint density at radius 3 is 2.47 bits per heavy atom. The van der Waals surface area contributed by atoms with Gasteiger partial charge < -0.3 is 24.8 Å². The molecule has 0 amide bonds. The number of nitrogens with one attached hydrogen (secondary N) is 1. The molecule has 0 spiro atoms. The van der Waals surface area contributed by atoms with Crippen LogP contribution >= 0.6 is 0 Å². The van der Waals surface area contributed by atoms with E-state index in [1.165, 1.54) is 12.1 Å². The molecule has 2 aliphatic heterocycles. The molecule has 1 N–H and O–H groups in total. The molecule has 36 heavy (non-hydrogen) atoms. The zero-order valence-corrected chi connectivity index (χ0v) is 20.6. The van der Waals surface area contributed by atoms with Gasteiger partial charge in [-0.1, -0.05) is 0 Å². The molecule has 0 unspecified atom stereocenters. The van der Waals surface area contributed by atoms with Gasteiger partial charge >= 0.3 is 0 Å². The van der Waals surface area contributed by atoms with Crippen LogP contribution in [-0.2, 0) is 0 Å². The van der Waals surface area contributed by atoms with E-state index in [2.05, 4.69) is 39.2 Å². The zero-order valence-electron chi connectivity index (χ0n) is 20.6. The van der Waals surface area contributed by atoms with Gasteiger partial charge in [0, 0.05) is 37.4 Å². The molecule has 0 saturated carbocycles. The Balaban J connectivity index is 1.36. The summed E-state index contributed by atoms with van der Waals surface area (Å²) >= 11 is 0. The number of rotatable bonds is 5. The van der Waals surface area contributed by atoms with E-state index in [4.69, 9.17) is 4.74 Å². The van der Waals surface area contributed by atoms with Crippen LogP contribution < -0.4 is 19.9 Å². The Morgan fingerprint density at radius 2 is 1.75 bits per heavy atom. The molecule has 3 aromatic rings. The van der Waals surface area contributed by atoms with E-state index in [0.29, 0.717) is 36.3 Å². The summed E-state index contributed by atoms with van der Waals surface area (Å²) in [4.78, 5) is 14.4. The van der Waals surface area contributed by atoms with Crippen molar-refractivity contribution in [3.63, 3.8) is 0 Å². The summed E-state index contributed by atoms with van der Waals surface area (Å²) in [6.45, 7) is 2.53. The van der Waals surface area contributed by atoms with Crippen LogP contribution in [0.5, 0.6) is 5.75 Å². The van der Waals surface area contributed by atoms with Crippen molar-refractivity contribution in [2.75, 3.05) is 62.5 Å². The standard InChI is InChI=1S/C26H29F3N6O/c1-33(2)18-6-8-35(9-7-18)22-5-4-17(14-19(22)27)31-26-30-15-21(29)24(32-26)16-12-20(28)25-23(13-16)34(3)10-11-36-25/h4-5,12-15,18H,6-11H2,1-3H3,(H,30,31,32). The molecule has 3 heterocycles.